The Morgan fingerprint density at radius 3 is 2.37 bits per heavy atom. The number of benzene rings is 2. The number of pyridine rings is 1. The lowest BCUT2D eigenvalue weighted by atomic mass is 10.1. The fourth-order valence-electron chi connectivity index (χ4n) is 4.70. The van der Waals surface area contributed by atoms with Crippen LogP contribution in [0.25, 0.3) is 11.4 Å². The Balaban J connectivity index is 1.33. The quantitative estimate of drug-likeness (QED) is 0.304. The molecule has 0 spiro atoms. The molecule has 2 aromatic heterocycles. The predicted molar refractivity (Wildman–Crippen MR) is 144 cm³/mol. The zero-order chi connectivity index (χ0) is 24.0. The van der Waals surface area contributed by atoms with Gasteiger partial charge in [0, 0.05) is 43.3 Å². The predicted octanol–water partition coefficient (Wildman–Crippen LogP) is 5.60. The summed E-state index contributed by atoms with van der Waals surface area (Å²) in [7, 11) is 2.11. The molecule has 6 nitrogen and oxygen atoms in total. The van der Waals surface area contributed by atoms with E-state index in [9.17, 15) is 0 Å². The molecule has 0 N–H and O–H groups in total. The van der Waals surface area contributed by atoms with Crippen molar-refractivity contribution < 1.29 is 0 Å². The highest BCUT2D eigenvalue weighted by atomic mass is 32.1. The molecule has 1 fully saturated rings. The van der Waals surface area contributed by atoms with E-state index >= 15 is 0 Å². The maximum Gasteiger partial charge on any atom is 0.199 e. The molecule has 180 valence electrons. The first-order chi connectivity index (χ1) is 17.2. The van der Waals surface area contributed by atoms with Gasteiger partial charge in [0.25, 0.3) is 0 Å². The number of anilines is 1. The average molecular weight is 485 g/mol. The molecule has 3 heterocycles. The Morgan fingerprint density at radius 2 is 1.66 bits per heavy atom. The molecule has 0 saturated carbocycles. The lowest BCUT2D eigenvalue weighted by molar-refractivity contribution is 0.244. The second kappa shape index (κ2) is 11.0. The minimum atomic E-state index is 0.613. The third-order valence-electron chi connectivity index (χ3n) is 6.51. The number of piperidine rings is 1. The van der Waals surface area contributed by atoms with Crippen LogP contribution < -0.4 is 4.90 Å². The summed E-state index contributed by atoms with van der Waals surface area (Å²) in [5, 5.41) is 4.92. The molecule has 1 aliphatic rings. The van der Waals surface area contributed by atoms with E-state index in [1.165, 1.54) is 49.2 Å². The van der Waals surface area contributed by atoms with Crippen LogP contribution in [-0.4, -0.2) is 44.4 Å². The molecule has 2 aromatic carbocycles. The van der Waals surface area contributed by atoms with Crippen molar-refractivity contribution in [2.45, 2.75) is 39.0 Å². The van der Waals surface area contributed by atoms with Crippen LogP contribution in [0.3, 0.4) is 0 Å². The Bertz CT molecular complexity index is 1270. The zero-order valence-electron chi connectivity index (χ0n) is 20.3. The minimum Gasteiger partial charge on any atom is -0.372 e. The van der Waals surface area contributed by atoms with Gasteiger partial charge in [-0.05, 0) is 73.9 Å². The summed E-state index contributed by atoms with van der Waals surface area (Å²) in [5.74, 6) is 0.839. The molecule has 0 radical (unpaired) electrons. The van der Waals surface area contributed by atoms with Gasteiger partial charge in [-0.1, -0.05) is 42.5 Å². The Kier molecular flexibility index (Phi) is 7.35. The number of hydrogen-bond donors (Lipinski definition) is 0. The van der Waals surface area contributed by atoms with Crippen LogP contribution in [0.1, 0.15) is 30.4 Å². The molecule has 1 aliphatic heterocycles. The van der Waals surface area contributed by atoms with E-state index in [0.29, 0.717) is 18.0 Å². The first kappa shape index (κ1) is 23.5. The normalized spacial score (nSPS) is 13.9. The summed E-state index contributed by atoms with van der Waals surface area (Å²) in [5.41, 5.74) is 4.77. The highest BCUT2D eigenvalue weighted by Gasteiger charge is 2.15. The van der Waals surface area contributed by atoms with Gasteiger partial charge in [-0.15, -0.1) is 0 Å². The van der Waals surface area contributed by atoms with E-state index in [2.05, 4.69) is 74.9 Å². The van der Waals surface area contributed by atoms with Crippen LogP contribution >= 0.6 is 12.2 Å². The highest BCUT2D eigenvalue weighted by Crippen LogP contribution is 2.22. The largest absolute Gasteiger partial charge is 0.372 e. The van der Waals surface area contributed by atoms with Crippen molar-refractivity contribution in [2.24, 2.45) is 0 Å². The zero-order valence-corrected chi connectivity index (χ0v) is 21.1. The summed E-state index contributed by atoms with van der Waals surface area (Å²) in [6, 6.07) is 23.3. The van der Waals surface area contributed by atoms with E-state index in [1.807, 2.05) is 29.1 Å². The van der Waals surface area contributed by atoms with E-state index in [1.54, 1.807) is 6.20 Å². The van der Waals surface area contributed by atoms with Crippen LogP contribution in [0.2, 0.25) is 0 Å². The summed E-state index contributed by atoms with van der Waals surface area (Å²) >= 11 is 5.90. The molecular formula is C28H32N6S. The highest BCUT2D eigenvalue weighted by molar-refractivity contribution is 7.71. The summed E-state index contributed by atoms with van der Waals surface area (Å²) in [4.78, 5) is 9.04. The SMILES string of the molecule is CN(Cc1ccc(N2CCCCC2)cc1)Cn1nc(-c2cccnc2)n(Cc2ccccc2)c1=S. The second-order valence-corrected chi connectivity index (χ2v) is 9.65. The maximum atomic E-state index is 5.90. The van der Waals surface area contributed by atoms with Gasteiger partial charge in [0.05, 0.1) is 13.2 Å². The van der Waals surface area contributed by atoms with E-state index in [-0.39, 0.29) is 0 Å². The first-order valence-electron chi connectivity index (χ1n) is 12.3. The molecule has 35 heavy (non-hydrogen) atoms. The van der Waals surface area contributed by atoms with Crippen LogP contribution in [0.4, 0.5) is 5.69 Å². The summed E-state index contributed by atoms with van der Waals surface area (Å²) < 4.78 is 4.73. The monoisotopic (exact) mass is 484 g/mol. The molecule has 1 saturated heterocycles. The van der Waals surface area contributed by atoms with Crippen molar-refractivity contribution in [3.8, 4) is 11.4 Å². The van der Waals surface area contributed by atoms with Gasteiger partial charge >= 0.3 is 0 Å². The van der Waals surface area contributed by atoms with Crippen LogP contribution in [0.5, 0.6) is 0 Å². The molecule has 7 heteroatoms. The van der Waals surface area contributed by atoms with Gasteiger partial charge in [-0.25, -0.2) is 4.68 Å². The van der Waals surface area contributed by atoms with Gasteiger partial charge < -0.3 is 4.90 Å². The Hall–Kier alpha value is -3.29. The third-order valence-corrected chi connectivity index (χ3v) is 6.94. The molecule has 0 bridgehead atoms. The van der Waals surface area contributed by atoms with Crippen molar-refractivity contribution >= 4 is 17.9 Å². The molecular weight excluding hydrogens is 452 g/mol. The average Bonchev–Trinajstić information content (AvgIpc) is 3.20. The Labute approximate surface area is 212 Å². The van der Waals surface area contributed by atoms with Crippen LogP contribution in [-0.2, 0) is 19.8 Å². The van der Waals surface area contributed by atoms with E-state index in [4.69, 9.17) is 17.3 Å². The molecule has 0 amide bonds. The van der Waals surface area contributed by atoms with Gasteiger partial charge in [0.1, 0.15) is 0 Å². The van der Waals surface area contributed by atoms with Crippen molar-refractivity contribution in [3.63, 3.8) is 0 Å². The molecule has 5 rings (SSSR count). The fourth-order valence-corrected chi connectivity index (χ4v) is 4.95. The first-order valence-corrected chi connectivity index (χ1v) is 12.7. The molecule has 0 unspecified atom stereocenters. The molecule has 0 aliphatic carbocycles. The lowest BCUT2D eigenvalue weighted by Gasteiger charge is -2.29. The van der Waals surface area contributed by atoms with E-state index < -0.39 is 0 Å². The van der Waals surface area contributed by atoms with Crippen LogP contribution in [0, 0.1) is 4.77 Å². The van der Waals surface area contributed by atoms with Gasteiger partial charge in [0.2, 0.25) is 0 Å². The van der Waals surface area contributed by atoms with E-state index in [0.717, 1.165) is 17.9 Å². The summed E-state index contributed by atoms with van der Waals surface area (Å²) in [6.07, 6.45) is 7.56. The number of rotatable bonds is 8. The van der Waals surface area contributed by atoms with Crippen molar-refractivity contribution in [1.29, 1.82) is 0 Å². The standard InChI is InChI=1S/C28H32N6S/c1-31(20-24-12-14-26(15-13-24)32-17-6-3-7-18-32)22-34-28(35)33(21-23-9-4-2-5-10-23)27(30-34)25-11-8-16-29-19-25/h2,4-5,8-16,19H,3,6-7,17-18,20-22H2,1H3. The van der Waals surface area contributed by atoms with Gasteiger partial charge in [-0.3, -0.25) is 14.5 Å². The maximum absolute atomic E-state index is 5.90. The lowest BCUT2D eigenvalue weighted by Crippen LogP contribution is -2.29. The smallest absolute Gasteiger partial charge is 0.199 e. The van der Waals surface area contributed by atoms with Crippen molar-refractivity contribution in [2.75, 3.05) is 25.0 Å². The second-order valence-electron chi connectivity index (χ2n) is 9.29. The number of nitrogens with zero attached hydrogens (tertiary/aromatic N) is 6. The van der Waals surface area contributed by atoms with Crippen LogP contribution in [0.15, 0.2) is 79.1 Å². The molecule has 4 aromatic rings. The van der Waals surface area contributed by atoms with Gasteiger partial charge in [0.15, 0.2) is 10.6 Å². The van der Waals surface area contributed by atoms with Crippen molar-refractivity contribution in [1.82, 2.24) is 24.2 Å². The van der Waals surface area contributed by atoms with Gasteiger partial charge in [-0.2, -0.15) is 5.10 Å². The number of hydrogen-bond acceptors (Lipinski definition) is 5. The summed E-state index contributed by atoms with van der Waals surface area (Å²) in [6.45, 7) is 4.45. The van der Waals surface area contributed by atoms with Crippen molar-refractivity contribution in [3.05, 3.63) is 95.0 Å². The molecule has 0 atom stereocenters. The topological polar surface area (TPSA) is 42.1 Å². The minimum absolute atomic E-state index is 0.613. The fraction of sp³-hybridized carbons (Fsp3) is 0.321. The third kappa shape index (κ3) is 5.69. The number of aromatic nitrogens is 4. The Morgan fingerprint density at radius 1 is 0.886 bits per heavy atom.